The van der Waals surface area contributed by atoms with Crippen LogP contribution in [-0.2, 0) is 4.79 Å². The van der Waals surface area contributed by atoms with Crippen LogP contribution in [0.15, 0.2) is 12.7 Å². The molecule has 0 heterocycles. The summed E-state index contributed by atoms with van der Waals surface area (Å²) < 4.78 is 0. The summed E-state index contributed by atoms with van der Waals surface area (Å²) in [6, 6.07) is 0. The monoisotopic (exact) mass is 180 g/mol. The lowest BCUT2D eigenvalue weighted by Gasteiger charge is -2.35. The van der Waals surface area contributed by atoms with E-state index in [0.717, 1.165) is 38.5 Å². The maximum Gasteiger partial charge on any atom is 0.133 e. The van der Waals surface area contributed by atoms with E-state index >= 15 is 0 Å². The first-order chi connectivity index (χ1) is 6.22. The Kier molecular flexibility index (Phi) is 3.71. The third-order valence-electron chi connectivity index (χ3n) is 3.36. The Morgan fingerprint density at radius 2 is 2.38 bits per heavy atom. The second-order valence-corrected chi connectivity index (χ2v) is 4.25. The summed E-state index contributed by atoms with van der Waals surface area (Å²) in [5.41, 5.74) is 0.323. The minimum atomic E-state index is 0.323. The van der Waals surface area contributed by atoms with Crippen LogP contribution in [0, 0.1) is 5.41 Å². The van der Waals surface area contributed by atoms with Crippen molar-refractivity contribution in [3.05, 3.63) is 12.7 Å². The highest BCUT2D eigenvalue weighted by molar-refractivity contribution is 5.79. The fourth-order valence-electron chi connectivity index (χ4n) is 2.36. The molecule has 1 atom stereocenters. The molecule has 1 fully saturated rings. The van der Waals surface area contributed by atoms with Gasteiger partial charge in [0.25, 0.3) is 0 Å². The van der Waals surface area contributed by atoms with Gasteiger partial charge < -0.3 is 0 Å². The first-order valence-corrected chi connectivity index (χ1v) is 5.35. The molecule has 0 aromatic carbocycles. The molecule has 0 amide bonds. The molecule has 0 saturated heterocycles. The summed E-state index contributed by atoms with van der Waals surface area (Å²) in [6.45, 7) is 5.95. The van der Waals surface area contributed by atoms with Crippen LogP contribution in [0.5, 0.6) is 0 Å². The van der Waals surface area contributed by atoms with Crippen molar-refractivity contribution in [3.8, 4) is 0 Å². The lowest BCUT2D eigenvalue weighted by molar-refractivity contribution is -0.124. The molecule has 0 radical (unpaired) electrons. The van der Waals surface area contributed by atoms with Crippen LogP contribution in [0.1, 0.15) is 51.9 Å². The molecule has 1 heteroatoms. The van der Waals surface area contributed by atoms with Crippen molar-refractivity contribution in [2.75, 3.05) is 0 Å². The Morgan fingerprint density at radius 3 is 2.92 bits per heavy atom. The van der Waals surface area contributed by atoms with Crippen LogP contribution >= 0.6 is 0 Å². The molecule has 1 aliphatic carbocycles. The molecule has 13 heavy (non-hydrogen) atoms. The molecular weight excluding hydrogens is 160 g/mol. The molecular formula is C12H20O. The SMILES string of the molecule is C=CCC[C@@]1(CC)CCCC(=O)C1. The molecule has 0 spiro atoms. The van der Waals surface area contributed by atoms with Gasteiger partial charge in [0.05, 0.1) is 0 Å². The average molecular weight is 180 g/mol. The van der Waals surface area contributed by atoms with Crippen LogP contribution < -0.4 is 0 Å². The van der Waals surface area contributed by atoms with Gasteiger partial charge in [-0.05, 0) is 31.1 Å². The summed E-state index contributed by atoms with van der Waals surface area (Å²) in [6.07, 6.45) is 9.29. The van der Waals surface area contributed by atoms with Crippen LogP contribution in [0.2, 0.25) is 0 Å². The third-order valence-corrected chi connectivity index (χ3v) is 3.36. The van der Waals surface area contributed by atoms with E-state index in [2.05, 4.69) is 13.5 Å². The standard InChI is InChI=1S/C12H20O/c1-3-5-8-12(4-2)9-6-7-11(13)10-12/h3H,1,4-10H2,2H3/t12-/m0/s1. The number of hydrogen-bond acceptors (Lipinski definition) is 1. The van der Waals surface area contributed by atoms with Gasteiger partial charge in [-0.3, -0.25) is 4.79 Å². The molecule has 0 aromatic heterocycles. The molecule has 1 saturated carbocycles. The van der Waals surface area contributed by atoms with Gasteiger partial charge in [0.15, 0.2) is 0 Å². The van der Waals surface area contributed by atoms with Crippen molar-refractivity contribution < 1.29 is 4.79 Å². The highest BCUT2D eigenvalue weighted by Gasteiger charge is 2.32. The summed E-state index contributed by atoms with van der Waals surface area (Å²) in [7, 11) is 0. The first-order valence-electron chi connectivity index (χ1n) is 5.35. The Balaban J connectivity index is 2.55. The van der Waals surface area contributed by atoms with E-state index in [0.29, 0.717) is 11.2 Å². The number of carbonyl (C=O) groups is 1. The minimum absolute atomic E-state index is 0.323. The van der Waals surface area contributed by atoms with Gasteiger partial charge in [-0.1, -0.05) is 19.4 Å². The second kappa shape index (κ2) is 4.59. The van der Waals surface area contributed by atoms with Crippen LogP contribution in [0.3, 0.4) is 0 Å². The van der Waals surface area contributed by atoms with E-state index in [1.165, 1.54) is 6.42 Å². The maximum absolute atomic E-state index is 11.4. The lowest BCUT2D eigenvalue weighted by Crippen LogP contribution is -2.28. The summed E-state index contributed by atoms with van der Waals surface area (Å²) in [4.78, 5) is 11.4. The van der Waals surface area contributed by atoms with E-state index in [4.69, 9.17) is 0 Å². The van der Waals surface area contributed by atoms with E-state index < -0.39 is 0 Å². The normalized spacial score (nSPS) is 28.8. The van der Waals surface area contributed by atoms with E-state index in [9.17, 15) is 4.79 Å². The smallest absolute Gasteiger partial charge is 0.133 e. The van der Waals surface area contributed by atoms with Gasteiger partial charge in [-0.15, -0.1) is 6.58 Å². The van der Waals surface area contributed by atoms with Crippen molar-refractivity contribution in [2.45, 2.75) is 51.9 Å². The summed E-state index contributed by atoms with van der Waals surface area (Å²) in [5, 5.41) is 0. The van der Waals surface area contributed by atoms with Crippen molar-refractivity contribution in [2.24, 2.45) is 5.41 Å². The highest BCUT2D eigenvalue weighted by atomic mass is 16.1. The fraction of sp³-hybridized carbons (Fsp3) is 0.750. The number of Topliss-reactive ketones (excluding diaryl/α,β-unsaturated/α-hetero) is 1. The Bertz CT molecular complexity index is 195. The van der Waals surface area contributed by atoms with Crippen LogP contribution in [0.4, 0.5) is 0 Å². The molecule has 0 aliphatic heterocycles. The summed E-state index contributed by atoms with van der Waals surface area (Å²) in [5.74, 6) is 0.470. The van der Waals surface area contributed by atoms with Crippen molar-refractivity contribution in [1.29, 1.82) is 0 Å². The zero-order valence-corrected chi connectivity index (χ0v) is 8.64. The van der Waals surface area contributed by atoms with Gasteiger partial charge in [-0.2, -0.15) is 0 Å². The van der Waals surface area contributed by atoms with Crippen LogP contribution in [-0.4, -0.2) is 5.78 Å². The van der Waals surface area contributed by atoms with E-state index in [1.54, 1.807) is 0 Å². The van der Waals surface area contributed by atoms with Crippen molar-refractivity contribution >= 4 is 5.78 Å². The van der Waals surface area contributed by atoms with Gasteiger partial charge in [0.2, 0.25) is 0 Å². The Labute approximate surface area is 81.2 Å². The zero-order chi connectivity index (χ0) is 9.73. The first kappa shape index (κ1) is 10.5. The lowest BCUT2D eigenvalue weighted by atomic mass is 9.69. The number of ketones is 1. The van der Waals surface area contributed by atoms with Crippen molar-refractivity contribution in [3.63, 3.8) is 0 Å². The predicted molar refractivity (Wildman–Crippen MR) is 55.6 cm³/mol. The molecule has 0 aromatic rings. The number of rotatable bonds is 4. The number of allylic oxidation sites excluding steroid dienone is 1. The molecule has 74 valence electrons. The number of hydrogen-bond donors (Lipinski definition) is 0. The zero-order valence-electron chi connectivity index (χ0n) is 8.64. The largest absolute Gasteiger partial charge is 0.300 e. The fourth-order valence-corrected chi connectivity index (χ4v) is 2.36. The van der Waals surface area contributed by atoms with Gasteiger partial charge in [0, 0.05) is 12.8 Å². The summed E-state index contributed by atoms with van der Waals surface area (Å²) >= 11 is 0. The van der Waals surface area contributed by atoms with Gasteiger partial charge >= 0.3 is 0 Å². The third kappa shape index (κ3) is 2.68. The Hall–Kier alpha value is -0.590. The van der Waals surface area contributed by atoms with Crippen molar-refractivity contribution in [1.82, 2.24) is 0 Å². The Morgan fingerprint density at radius 1 is 1.62 bits per heavy atom. The molecule has 1 aliphatic rings. The molecule has 0 bridgehead atoms. The quantitative estimate of drug-likeness (QED) is 0.605. The maximum atomic E-state index is 11.4. The average Bonchev–Trinajstić information content (AvgIpc) is 2.15. The molecule has 0 unspecified atom stereocenters. The molecule has 1 nitrogen and oxygen atoms in total. The molecule has 1 rings (SSSR count). The van der Waals surface area contributed by atoms with E-state index in [1.807, 2.05) is 6.08 Å². The van der Waals surface area contributed by atoms with Crippen LogP contribution in [0.25, 0.3) is 0 Å². The topological polar surface area (TPSA) is 17.1 Å². The van der Waals surface area contributed by atoms with E-state index in [-0.39, 0.29) is 0 Å². The highest BCUT2D eigenvalue weighted by Crippen LogP contribution is 2.41. The second-order valence-electron chi connectivity index (χ2n) is 4.25. The molecule has 0 N–H and O–H groups in total. The van der Waals surface area contributed by atoms with Gasteiger partial charge in [-0.25, -0.2) is 0 Å². The minimum Gasteiger partial charge on any atom is -0.300 e. The predicted octanol–water partition coefficient (Wildman–Crippen LogP) is 3.49. The number of carbonyl (C=O) groups excluding carboxylic acids is 1. The van der Waals surface area contributed by atoms with Gasteiger partial charge in [0.1, 0.15) is 5.78 Å².